The molecule has 0 radical (unpaired) electrons. The monoisotopic (exact) mass is 477 g/mol. The Morgan fingerprint density at radius 1 is 0.970 bits per heavy atom. The number of hydrazone groups is 1. The number of thiophene rings is 1. The van der Waals surface area contributed by atoms with Crippen LogP contribution in [0.15, 0.2) is 84.0 Å². The molecule has 2 N–H and O–H groups in total. The number of nitrogens with zero attached hydrogens (tertiary/aromatic N) is 1. The first-order chi connectivity index (χ1) is 16.1. The van der Waals surface area contributed by atoms with Crippen LogP contribution in [0.4, 0.5) is 0 Å². The van der Waals surface area contributed by atoms with Crippen LogP contribution in [0.25, 0.3) is 10.1 Å². The number of hydrogen-bond acceptors (Lipinski definition) is 5. The van der Waals surface area contributed by atoms with Crippen molar-refractivity contribution in [2.45, 2.75) is 6.61 Å². The lowest BCUT2D eigenvalue weighted by Gasteiger charge is -2.09. The third-order valence-electron chi connectivity index (χ3n) is 4.70. The van der Waals surface area contributed by atoms with Gasteiger partial charge in [-0.05, 0) is 23.8 Å². The zero-order chi connectivity index (χ0) is 23.0. The van der Waals surface area contributed by atoms with Crippen LogP contribution in [-0.4, -0.2) is 24.6 Å². The summed E-state index contributed by atoms with van der Waals surface area (Å²) in [6, 6.07) is 24.7. The highest BCUT2D eigenvalue weighted by Gasteiger charge is 2.17. The third-order valence-corrected chi connectivity index (χ3v) is 6.37. The normalized spacial score (nSPS) is 10.9. The molecule has 0 atom stereocenters. The van der Waals surface area contributed by atoms with E-state index in [1.807, 2.05) is 78.9 Å². The Labute approximate surface area is 199 Å². The molecule has 1 heterocycles. The third kappa shape index (κ3) is 5.77. The molecular formula is C25H20ClN3O3S. The molecule has 33 heavy (non-hydrogen) atoms. The van der Waals surface area contributed by atoms with E-state index in [9.17, 15) is 9.59 Å². The van der Waals surface area contributed by atoms with E-state index >= 15 is 0 Å². The van der Waals surface area contributed by atoms with Gasteiger partial charge in [-0.1, -0.05) is 72.3 Å². The Morgan fingerprint density at radius 3 is 2.52 bits per heavy atom. The maximum atomic E-state index is 12.4. The van der Waals surface area contributed by atoms with E-state index in [0.29, 0.717) is 22.3 Å². The number of carbonyl (C=O) groups excluding carboxylic acids is 2. The highest BCUT2D eigenvalue weighted by atomic mass is 35.5. The lowest BCUT2D eigenvalue weighted by Crippen LogP contribution is -2.34. The van der Waals surface area contributed by atoms with Crippen molar-refractivity contribution in [2.24, 2.45) is 5.10 Å². The van der Waals surface area contributed by atoms with Crippen LogP contribution in [0.1, 0.15) is 20.8 Å². The van der Waals surface area contributed by atoms with Gasteiger partial charge < -0.3 is 10.1 Å². The predicted octanol–water partition coefficient (Wildman–Crippen LogP) is 5.01. The molecular weight excluding hydrogens is 458 g/mol. The van der Waals surface area contributed by atoms with Crippen molar-refractivity contribution in [3.05, 3.63) is 99.9 Å². The van der Waals surface area contributed by atoms with E-state index in [-0.39, 0.29) is 6.54 Å². The van der Waals surface area contributed by atoms with Crippen molar-refractivity contribution in [2.75, 3.05) is 6.54 Å². The predicted molar refractivity (Wildman–Crippen MR) is 132 cm³/mol. The average molecular weight is 478 g/mol. The number of benzene rings is 3. The first kappa shape index (κ1) is 22.5. The molecule has 0 aliphatic rings. The van der Waals surface area contributed by atoms with Crippen LogP contribution in [0.3, 0.4) is 0 Å². The number of fused-ring (bicyclic) bond motifs is 1. The van der Waals surface area contributed by atoms with Crippen LogP contribution in [0, 0.1) is 0 Å². The summed E-state index contributed by atoms with van der Waals surface area (Å²) in [5.74, 6) is -0.216. The van der Waals surface area contributed by atoms with E-state index in [2.05, 4.69) is 15.8 Å². The van der Waals surface area contributed by atoms with E-state index < -0.39 is 11.8 Å². The minimum absolute atomic E-state index is 0.229. The molecule has 0 saturated carbocycles. The summed E-state index contributed by atoms with van der Waals surface area (Å²) in [7, 11) is 0. The highest BCUT2D eigenvalue weighted by Crippen LogP contribution is 2.34. The van der Waals surface area contributed by atoms with Crippen LogP contribution >= 0.6 is 22.9 Å². The first-order valence-electron chi connectivity index (χ1n) is 10.1. The van der Waals surface area contributed by atoms with Gasteiger partial charge >= 0.3 is 0 Å². The van der Waals surface area contributed by atoms with Crippen molar-refractivity contribution >= 4 is 51.1 Å². The average Bonchev–Trinajstić information content (AvgIpc) is 3.19. The van der Waals surface area contributed by atoms with Gasteiger partial charge in [0.25, 0.3) is 11.8 Å². The Bertz CT molecular complexity index is 1300. The summed E-state index contributed by atoms with van der Waals surface area (Å²) in [5, 5.41) is 7.76. The maximum absolute atomic E-state index is 12.4. The lowest BCUT2D eigenvalue weighted by atomic mass is 10.2. The van der Waals surface area contributed by atoms with Gasteiger partial charge in [0.1, 0.15) is 17.2 Å². The van der Waals surface area contributed by atoms with Gasteiger partial charge in [-0.2, -0.15) is 5.10 Å². The lowest BCUT2D eigenvalue weighted by molar-refractivity contribution is -0.120. The van der Waals surface area contributed by atoms with Crippen molar-refractivity contribution in [1.82, 2.24) is 10.7 Å². The zero-order valence-electron chi connectivity index (χ0n) is 17.5. The molecule has 0 saturated heterocycles. The number of ether oxygens (including phenoxy) is 1. The summed E-state index contributed by atoms with van der Waals surface area (Å²) in [6.07, 6.45) is 1.50. The molecule has 166 valence electrons. The molecule has 3 aromatic carbocycles. The van der Waals surface area contributed by atoms with Gasteiger partial charge in [0.05, 0.1) is 17.8 Å². The first-order valence-corrected chi connectivity index (χ1v) is 11.3. The zero-order valence-corrected chi connectivity index (χ0v) is 19.0. The molecule has 0 unspecified atom stereocenters. The molecule has 4 rings (SSSR count). The topological polar surface area (TPSA) is 79.8 Å². The second kappa shape index (κ2) is 10.8. The van der Waals surface area contributed by atoms with Gasteiger partial charge in [-0.15, -0.1) is 11.3 Å². The Balaban J connectivity index is 1.30. The Kier molecular flexibility index (Phi) is 7.34. The number of para-hydroxylation sites is 1. The van der Waals surface area contributed by atoms with Gasteiger partial charge in [0.15, 0.2) is 0 Å². The van der Waals surface area contributed by atoms with E-state index in [4.69, 9.17) is 16.3 Å². The second-order valence-electron chi connectivity index (χ2n) is 7.03. The second-order valence-corrected chi connectivity index (χ2v) is 8.46. The largest absolute Gasteiger partial charge is 0.488 e. The van der Waals surface area contributed by atoms with Crippen molar-refractivity contribution < 1.29 is 14.3 Å². The van der Waals surface area contributed by atoms with Crippen molar-refractivity contribution in [3.8, 4) is 5.75 Å². The van der Waals surface area contributed by atoms with Crippen LogP contribution in [-0.2, 0) is 11.4 Å². The number of nitrogens with one attached hydrogen (secondary N) is 2. The number of hydrogen-bond donors (Lipinski definition) is 2. The summed E-state index contributed by atoms with van der Waals surface area (Å²) >= 11 is 7.60. The molecule has 0 spiro atoms. The van der Waals surface area contributed by atoms with Gasteiger partial charge in [-0.3, -0.25) is 9.59 Å². The SMILES string of the molecule is O=C(CNC(=O)c1sc2ccccc2c1Cl)N/N=C\c1ccccc1OCc1ccccc1. The minimum atomic E-state index is -0.459. The molecule has 0 bridgehead atoms. The molecule has 8 heteroatoms. The number of amides is 2. The fraction of sp³-hybridized carbons (Fsp3) is 0.0800. The van der Waals surface area contributed by atoms with Crippen molar-refractivity contribution in [3.63, 3.8) is 0 Å². The standard InChI is InChI=1S/C25H20ClN3O3S/c26-23-19-11-5-7-13-21(19)33-24(23)25(31)27-15-22(30)29-28-14-18-10-4-6-12-20(18)32-16-17-8-2-1-3-9-17/h1-14H,15-16H2,(H,27,31)(H,29,30)/b28-14-. The highest BCUT2D eigenvalue weighted by molar-refractivity contribution is 7.21. The van der Waals surface area contributed by atoms with Gasteiger partial charge in [-0.25, -0.2) is 5.43 Å². The van der Waals surface area contributed by atoms with E-state index in [0.717, 1.165) is 21.2 Å². The van der Waals surface area contributed by atoms with Crippen molar-refractivity contribution in [1.29, 1.82) is 0 Å². The van der Waals surface area contributed by atoms with Gasteiger partial charge in [0.2, 0.25) is 0 Å². The molecule has 2 amide bonds. The molecule has 0 fully saturated rings. The molecule has 0 aliphatic carbocycles. The molecule has 4 aromatic rings. The Hall–Kier alpha value is -3.68. The molecule has 6 nitrogen and oxygen atoms in total. The quantitative estimate of drug-likeness (QED) is 0.276. The van der Waals surface area contributed by atoms with Crippen LogP contribution < -0.4 is 15.5 Å². The minimum Gasteiger partial charge on any atom is -0.488 e. The van der Waals surface area contributed by atoms with Gasteiger partial charge in [0, 0.05) is 15.6 Å². The fourth-order valence-corrected chi connectivity index (χ4v) is 4.50. The smallest absolute Gasteiger partial charge is 0.263 e. The fourth-order valence-electron chi connectivity index (χ4n) is 3.07. The number of carbonyl (C=O) groups is 2. The Morgan fingerprint density at radius 2 is 1.70 bits per heavy atom. The summed E-state index contributed by atoms with van der Waals surface area (Å²) in [5.41, 5.74) is 4.18. The maximum Gasteiger partial charge on any atom is 0.263 e. The van der Waals surface area contributed by atoms with E-state index in [1.54, 1.807) is 0 Å². The van der Waals surface area contributed by atoms with E-state index in [1.165, 1.54) is 17.6 Å². The number of rotatable bonds is 8. The molecule has 1 aromatic heterocycles. The molecule has 0 aliphatic heterocycles. The van der Waals surface area contributed by atoms with Crippen LogP contribution in [0.2, 0.25) is 5.02 Å². The number of halogens is 1. The van der Waals surface area contributed by atoms with Crippen LogP contribution in [0.5, 0.6) is 5.75 Å². The summed E-state index contributed by atoms with van der Waals surface area (Å²) < 4.78 is 6.78. The summed E-state index contributed by atoms with van der Waals surface area (Å²) in [4.78, 5) is 24.9. The summed E-state index contributed by atoms with van der Waals surface area (Å²) in [6.45, 7) is 0.192.